The van der Waals surface area contributed by atoms with Crippen LogP contribution in [-0.2, 0) is 38.4 Å². The van der Waals surface area contributed by atoms with E-state index in [1.54, 1.807) is 30.5 Å². The second-order valence-electron chi connectivity index (χ2n) is 10.3. The van der Waals surface area contributed by atoms with Crippen molar-refractivity contribution in [3.63, 3.8) is 0 Å². The number of rotatable bonds is 17. The molecule has 0 aliphatic rings. The molecule has 0 bridgehead atoms. The van der Waals surface area contributed by atoms with Crippen LogP contribution in [0.25, 0.3) is 0 Å². The highest BCUT2D eigenvalue weighted by molar-refractivity contribution is 5.94. The van der Waals surface area contributed by atoms with Gasteiger partial charge in [-0.1, -0.05) is 60.7 Å². The molecule has 14 heteroatoms. The molecule has 4 amide bonds. The van der Waals surface area contributed by atoms with E-state index in [1.165, 1.54) is 6.33 Å². The van der Waals surface area contributed by atoms with Crippen LogP contribution in [0.4, 0.5) is 0 Å². The first-order valence-electron chi connectivity index (χ1n) is 14.2. The first-order chi connectivity index (χ1) is 21.1. The summed E-state index contributed by atoms with van der Waals surface area (Å²) in [5.41, 5.74) is 19.2. The minimum absolute atomic E-state index is 0.0533. The van der Waals surface area contributed by atoms with Crippen molar-refractivity contribution in [2.24, 2.45) is 17.2 Å². The van der Waals surface area contributed by atoms with E-state index >= 15 is 0 Å². The lowest BCUT2D eigenvalue weighted by molar-refractivity contribution is -0.133. The van der Waals surface area contributed by atoms with Gasteiger partial charge in [0.05, 0.1) is 18.1 Å². The highest BCUT2D eigenvalue weighted by Gasteiger charge is 2.30. The Hall–Kier alpha value is -5.24. The fourth-order valence-electron chi connectivity index (χ4n) is 4.48. The monoisotopic (exact) mass is 604 g/mol. The summed E-state index contributed by atoms with van der Waals surface area (Å²) >= 11 is 0. The number of guanidine groups is 1. The lowest BCUT2D eigenvalue weighted by atomic mass is 10.0. The number of carbonyl (C=O) groups excluding carboxylic acids is 4. The number of imidazole rings is 1. The second-order valence-corrected chi connectivity index (χ2v) is 10.3. The standard InChI is InChI=1S/C30H40N10O4/c31-22(14-19-8-3-1-4-9-19)27(42)38-23(12-7-13-36-30(33)34)28(43)40-25(15-20-10-5-2-6-11-20)29(44)39-24(26(32)41)16-21-17-35-18-37-21/h1-6,8-11,17-18,22-25H,7,12-16,31H2,(H2,32,41)(H,35,37)(H,38,42)(H,39,44)(H,40,43)(H4,33,34,36)/t22-,23+,24-,25-/m0/s1. The van der Waals surface area contributed by atoms with Crippen molar-refractivity contribution in [2.45, 2.75) is 56.3 Å². The number of aromatic amines is 1. The molecule has 0 radical (unpaired) electrons. The Labute approximate surface area is 255 Å². The summed E-state index contributed by atoms with van der Waals surface area (Å²) in [5.74, 6) is -2.77. The topological polar surface area (TPSA) is 247 Å². The zero-order chi connectivity index (χ0) is 31.9. The Morgan fingerprint density at radius 1 is 0.773 bits per heavy atom. The van der Waals surface area contributed by atoms with Crippen LogP contribution in [0.5, 0.6) is 0 Å². The smallest absolute Gasteiger partial charge is 0.243 e. The minimum atomic E-state index is -1.11. The zero-order valence-electron chi connectivity index (χ0n) is 24.3. The summed E-state index contributed by atoms with van der Waals surface area (Å²) in [4.78, 5) is 59.2. The third-order valence-electron chi connectivity index (χ3n) is 6.80. The molecule has 0 unspecified atom stereocenters. The summed E-state index contributed by atoms with van der Waals surface area (Å²) in [5, 5.41) is 18.1. The molecule has 1 aromatic heterocycles. The van der Waals surface area contributed by atoms with Crippen LogP contribution >= 0.6 is 0 Å². The van der Waals surface area contributed by atoms with Crippen LogP contribution in [0.1, 0.15) is 29.7 Å². The van der Waals surface area contributed by atoms with Gasteiger partial charge < -0.3 is 43.5 Å². The third kappa shape index (κ3) is 11.2. The van der Waals surface area contributed by atoms with Crippen LogP contribution in [0.3, 0.4) is 0 Å². The summed E-state index contributed by atoms with van der Waals surface area (Å²) in [6, 6.07) is 14.1. The molecule has 0 saturated carbocycles. The number of hydrogen-bond acceptors (Lipinski definition) is 7. The largest absolute Gasteiger partial charge is 0.370 e. The van der Waals surface area contributed by atoms with Gasteiger partial charge in [-0.3, -0.25) is 24.6 Å². The number of amides is 4. The Balaban J connectivity index is 1.76. The van der Waals surface area contributed by atoms with Crippen molar-refractivity contribution in [1.29, 1.82) is 5.41 Å². The molecule has 0 spiro atoms. The van der Waals surface area contributed by atoms with Gasteiger partial charge in [0.25, 0.3) is 0 Å². The lowest BCUT2D eigenvalue weighted by Gasteiger charge is -2.25. The number of nitrogens with zero attached hydrogens (tertiary/aromatic N) is 1. The number of hydrogen-bond donors (Lipinski definition) is 9. The molecule has 44 heavy (non-hydrogen) atoms. The maximum Gasteiger partial charge on any atom is 0.243 e. The average Bonchev–Trinajstić information content (AvgIpc) is 3.52. The summed E-state index contributed by atoms with van der Waals surface area (Å²) in [6.07, 6.45) is 3.98. The zero-order valence-corrected chi connectivity index (χ0v) is 24.3. The molecule has 1 heterocycles. The predicted octanol–water partition coefficient (Wildman–Crippen LogP) is -1.03. The maximum atomic E-state index is 13.6. The van der Waals surface area contributed by atoms with Crippen molar-refractivity contribution in [1.82, 2.24) is 31.2 Å². The summed E-state index contributed by atoms with van der Waals surface area (Å²) in [7, 11) is 0. The fourth-order valence-corrected chi connectivity index (χ4v) is 4.48. The van der Waals surface area contributed by atoms with E-state index in [2.05, 4.69) is 31.2 Å². The van der Waals surface area contributed by atoms with Crippen molar-refractivity contribution in [3.05, 3.63) is 90.0 Å². The second kappa shape index (κ2) is 17.0. The molecule has 14 nitrogen and oxygen atoms in total. The van der Waals surface area contributed by atoms with Gasteiger partial charge in [0.1, 0.15) is 18.1 Å². The molecule has 4 atom stereocenters. The van der Waals surface area contributed by atoms with E-state index < -0.39 is 47.8 Å². The number of H-pyrrole nitrogens is 1. The van der Waals surface area contributed by atoms with E-state index in [1.807, 2.05) is 36.4 Å². The first kappa shape index (κ1) is 33.3. The molecular weight excluding hydrogens is 564 g/mol. The predicted molar refractivity (Wildman–Crippen MR) is 165 cm³/mol. The van der Waals surface area contributed by atoms with E-state index in [0.717, 1.165) is 11.1 Å². The highest BCUT2D eigenvalue weighted by Crippen LogP contribution is 2.08. The van der Waals surface area contributed by atoms with Crippen LogP contribution in [0, 0.1) is 5.41 Å². The quantitative estimate of drug-likeness (QED) is 0.0522. The van der Waals surface area contributed by atoms with Gasteiger partial charge in [-0.25, -0.2) is 4.98 Å². The van der Waals surface area contributed by atoms with Crippen LogP contribution in [-0.4, -0.2) is 70.3 Å². The van der Waals surface area contributed by atoms with Crippen molar-refractivity contribution in [3.8, 4) is 0 Å². The maximum absolute atomic E-state index is 13.6. The highest BCUT2D eigenvalue weighted by atomic mass is 16.2. The van der Waals surface area contributed by atoms with E-state index in [-0.39, 0.29) is 38.2 Å². The number of nitrogens with two attached hydrogens (primary N) is 3. The number of carbonyl (C=O) groups is 4. The molecule has 234 valence electrons. The molecule has 12 N–H and O–H groups in total. The molecular formula is C30H40N10O4. The molecule has 0 saturated heterocycles. The lowest BCUT2D eigenvalue weighted by Crippen LogP contribution is -2.58. The SMILES string of the molecule is N=C(N)NCCC[C@@H](NC(=O)[C@@H](N)Cc1ccccc1)C(=O)N[C@@H](Cc1ccccc1)C(=O)N[C@@H](Cc1c[nH]cn1)C(N)=O. The minimum Gasteiger partial charge on any atom is -0.370 e. The van der Waals surface area contributed by atoms with Crippen molar-refractivity contribution in [2.75, 3.05) is 6.54 Å². The summed E-state index contributed by atoms with van der Waals surface area (Å²) in [6.45, 7) is 0.284. The Kier molecular flexibility index (Phi) is 12.9. The third-order valence-corrected chi connectivity index (χ3v) is 6.80. The van der Waals surface area contributed by atoms with Gasteiger partial charge in [0.15, 0.2) is 5.96 Å². The average molecular weight is 605 g/mol. The van der Waals surface area contributed by atoms with Crippen LogP contribution in [0.2, 0.25) is 0 Å². The van der Waals surface area contributed by atoms with Gasteiger partial charge in [-0.2, -0.15) is 0 Å². The Morgan fingerprint density at radius 2 is 1.34 bits per heavy atom. The van der Waals surface area contributed by atoms with Gasteiger partial charge in [-0.15, -0.1) is 0 Å². The number of primary amides is 1. The molecule has 3 aromatic rings. The van der Waals surface area contributed by atoms with Crippen molar-refractivity contribution >= 4 is 29.6 Å². The Bertz CT molecular complexity index is 1370. The van der Waals surface area contributed by atoms with Crippen LogP contribution < -0.4 is 38.5 Å². The molecule has 0 fully saturated rings. The molecule has 0 aliphatic heterocycles. The summed E-state index contributed by atoms with van der Waals surface area (Å²) < 4.78 is 0. The number of nitrogens with one attached hydrogen (secondary N) is 6. The molecule has 0 aliphatic carbocycles. The van der Waals surface area contributed by atoms with E-state index in [9.17, 15) is 19.2 Å². The fraction of sp³-hybridized carbons (Fsp3) is 0.333. The van der Waals surface area contributed by atoms with Crippen LogP contribution in [0.15, 0.2) is 73.2 Å². The number of aromatic nitrogens is 2. The van der Waals surface area contributed by atoms with Crippen molar-refractivity contribution < 1.29 is 19.2 Å². The van der Waals surface area contributed by atoms with Gasteiger partial charge >= 0.3 is 0 Å². The number of benzene rings is 2. The van der Waals surface area contributed by atoms with Gasteiger partial charge in [-0.05, 0) is 30.4 Å². The van der Waals surface area contributed by atoms with Gasteiger partial charge in [0, 0.05) is 25.6 Å². The molecule has 2 aromatic carbocycles. The van der Waals surface area contributed by atoms with E-state index in [0.29, 0.717) is 12.1 Å². The Morgan fingerprint density at radius 3 is 1.91 bits per heavy atom. The normalized spacial score (nSPS) is 13.5. The van der Waals surface area contributed by atoms with Gasteiger partial charge in [0.2, 0.25) is 23.6 Å². The molecule has 3 rings (SSSR count). The van der Waals surface area contributed by atoms with E-state index in [4.69, 9.17) is 22.6 Å². The first-order valence-corrected chi connectivity index (χ1v) is 14.2.